The quantitative estimate of drug-likeness (QED) is 0.374. The lowest BCUT2D eigenvalue weighted by Gasteiger charge is -2.55. The molecule has 1 fully saturated rings. The number of pyridine rings is 1. The summed E-state index contributed by atoms with van der Waals surface area (Å²) in [5, 5.41) is 12.4. The maximum atomic E-state index is 13.1. The Balaban J connectivity index is 1.57. The number of hydrogen-bond acceptors (Lipinski definition) is 5. The van der Waals surface area contributed by atoms with Crippen LogP contribution in [0.3, 0.4) is 0 Å². The van der Waals surface area contributed by atoms with Gasteiger partial charge in [0.1, 0.15) is 5.70 Å². The molecule has 1 unspecified atom stereocenters. The average molecular weight is 424 g/mol. The first-order chi connectivity index (χ1) is 15.0. The van der Waals surface area contributed by atoms with E-state index in [1.54, 1.807) is 29.1 Å². The van der Waals surface area contributed by atoms with Crippen LogP contribution in [0.25, 0.3) is 0 Å². The first-order valence-corrected chi connectivity index (χ1v) is 9.71. The Hall–Kier alpha value is -3.56. The van der Waals surface area contributed by atoms with E-state index in [1.165, 1.54) is 7.11 Å². The number of aliphatic carboxylic acids is 1. The van der Waals surface area contributed by atoms with Crippen LogP contribution in [0.15, 0.2) is 72.2 Å². The Labute approximate surface area is 178 Å². The lowest BCUT2D eigenvalue weighted by atomic mass is 9.93. The summed E-state index contributed by atoms with van der Waals surface area (Å²) in [7, 11) is 1.28. The Morgan fingerprint density at radius 1 is 1.23 bits per heavy atom. The van der Waals surface area contributed by atoms with E-state index in [1.807, 2.05) is 36.4 Å². The van der Waals surface area contributed by atoms with Gasteiger partial charge in [0, 0.05) is 19.2 Å². The van der Waals surface area contributed by atoms with Gasteiger partial charge in [-0.25, -0.2) is 9.36 Å². The summed E-state index contributed by atoms with van der Waals surface area (Å²) in [4.78, 5) is 38.7. The van der Waals surface area contributed by atoms with Gasteiger partial charge in [-0.05, 0) is 5.56 Å². The zero-order valence-corrected chi connectivity index (χ0v) is 16.9. The second kappa shape index (κ2) is 8.29. The van der Waals surface area contributed by atoms with Crippen molar-refractivity contribution in [2.24, 2.45) is 0 Å². The number of aromatic nitrogens is 1. The number of hydrogen-bond donors (Lipinski definition) is 2. The second-order valence-corrected chi connectivity index (χ2v) is 7.29. The van der Waals surface area contributed by atoms with Gasteiger partial charge < -0.3 is 19.9 Å². The number of fused-ring (bicyclic) bond motifs is 1. The number of nitrogens with one attached hydrogen (secondary N) is 1. The fourth-order valence-electron chi connectivity index (χ4n) is 3.86. The van der Waals surface area contributed by atoms with Gasteiger partial charge in [0.15, 0.2) is 25.2 Å². The van der Waals surface area contributed by atoms with E-state index in [2.05, 4.69) is 5.32 Å². The largest absolute Gasteiger partial charge is 0.477 e. The SMILES string of the molecule is CO[C@@]1(NC(=O)Cc2ccccc2)C(=O)N2C(C(=O)O)=C(C[n+]3ccccc3)COC21. The highest BCUT2D eigenvalue weighted by atomic mass is 16.6. The third-order valence-electron chi connectivity index (χ3n) is 5.32. The van der Waals surface area contributed by atoms with E-state index in [-0.39, 0.29) is 25.3 Å². The van der Waals surface area contributed by atoms with Crippen molar-refractivity contribution in [2.45, 2.75) is 24.9 Å². The summed E-state index contributed by atoms with van der Waals surface area (Å²) in [5.41, 5.74) is -0.707. The van der Waals surface area contributed by atoms with Crippen LogP contribution < -0.4 is 9.88 Å². The molecule has 3 heterocycles. The molecule has 1 aromatic heterocycles. The monoisotopic (exact) mass is 424 g/mol. The molecule has 2 aliphatic heterocycles. The summed E-state index contributed by atoms with van der Waals surface area (Å²) < 4.78 is 13.0. The fraction of sp³-hybridized carbons (Fsp3) is 0.273. The summed E-state index contributed by atoms with van der Waals surface area (Å²) in [6, 6.07) is 14.5. The molecule has 2 aliphatic rings. The van der Waals surface area contributed by atoms with Crippen molar-refractivity contribution in [3.63, 3.8) is 0 Å². The predicted octanol–water partition coefficient (Wildman–Crippen LogP) is 0.213. The highest BCUT2D eigenvalue weighted by Crippen LogP contribution is 2.40. The lowest BCUT2D eigenvalue weighted by molar-refractivity contribution is -0.689. The molecule has 0 bridgehead atoms. The van der Waals surface area contributed by atoms with Crippen LogP contribution in [0, 0.1) is 0 Å². The van der Waals surface area contributed by atoms with Gasteiger partial charge >= 0.3 is 5.97 Å². The van der Waals surface area contributed by atoms with Gasteiger partial charge in [0.2, 0.25) is 5.91 Å². The van der Waals surface area contributed by atoms with Gasteiger partial charge in [-0.1, -0.05) is 36.4 Å². The van der Waals surface area contributed by atoms with E-state index in [0.29, 0.717) is 5.57 Å². The van der Waals surface area contributed by atoms with Crippen LogP contribution in [0.4, 0.5) is 0 Å². The Morgan fingerprint density at radius 2 is 1.90 bits per heavy atom. The summed E-state index contributed by atoms with van der Waals surface area (Å²) in [6.45, 7) is 0.233. The molecular formula is C22H22N3O6+. The molecule has 160 valence electrons. The van der Waals surface area contributed by atoms with E-state index in [0.717, 1.165) is 10.5 Å². The molecule has 0 saturated carbocycles. The highest BCUT2D eigenvalue weighted by Gasteiger charge is 2.67. The molecule has 2 N–H and O–H groups in total. The second-order valence-electron chi connectivity index (χ2n) is 7.29. The van der Waals surface area contributed by atoms with Crippen molar-refractivity contribution >= 4 is 17.8 Å². The minimum atomic E-state index is -1.77. The zero-order chi connectivity index (χ0) is 22.0. The molecule has 9 nitrogen and oxygen atoms in total. The van der Waals surface area contributed by atoms with Crippen molar-refractivity contribution in [3.8, 4) is 0 Å². The van der Waals surface area contributed by atoms with Crippen LogP contribution in [-0.4, -0.2) is 53.5 Å². The molecule has 0 spiro atoms. The maximum Gasteiger partial charge on any atom is 0.352 e. The highest BCUT2D eigenvalue weighted by molar-refractivity contribution is 6.03. The van der Waals surface area contributed by atoms with Gasteiger partial charge in [-0.3, -0.25) is 14.5 Å². The number of ether oxygens (including phenoxy) is 2. The number of carbonyl (C=O) groups excluding carboxylic acids is 2. The third kappa shape index (κ3) is 3.69. The van der Waals surface area contributed by atoms with Gasteiger partial charge in [-0.2, -0.15) is 0 Å². The first-order valence-electron chi connectivity index (χ1n) is 9.71. The molecule has 1 aromatic carbocycles. The van der Waals surface area contributed by atoms with Gasteiger partial charge in [0.25, 0.3) is 11.6 Å². The number of carboxylic acids is 1. The third-order valence-corrected chi connectivity index (χ3v) is 5.32. The number of benzene rings is 1. The molecule has 4 rings (SSSR count). The number of nitrogens with zero attached hydrogens (tertiary/aromatic N) is 2. The topological polar surface area (TPSA) is 109 Å². The van der Waals surface area contributed by atoms with Crippen molar-refractivity contribution in [2.75, 3.05) is 13.7 Å². The Bertz CT molecular complexity index is 1040. The molecule has 1 saturated heterocycles. The number of amides is 2. The zero-order valence-electron chi connectivity index (χ0n) is 16.9. The van der Waals surface area contributed by atoms with E-state index < -0.39 is 29.7 Å². The maximum absolute atomic E-state index is 13.1. The van der Waals surface area contributed by atoms with Crippen molar-refractivity contribution in [1.29, 1.82) is 0 Å². The van der Waals surface area contributed by atoms with Crippen molar-refractivity contribution in [1.82, 2.24) is 10.2 Å². The number of β-lactam (4-membered cyclic amide) rings is 1. The summed E-state index contributed by atoms with van der Waals surface area (Å²) in [5.74, 6) is -2.36. The van der Waals surface area contributed by atoms with Gasteiger partial charge in [-0.15, -0.1) is 0 Å². The molecule has 0 radical (unpaired) electrons. The summed E-state index contributed by atoms with van der Waals surface area (Å²) in [6.07, 6.45) is 2.56. The van der Waals surface area contributed by atoms with E-state index in [4.69, 9.17) is 9.47 Å². The molecule has 2 atom stereocenters. The molecule has 2 amide bonds. The molecule has 9 heteroatoms. The van der Waals surface area contributed by atoms with E-state index >= 15 is 0 Å². The first kappa shape index (κ1) is 20.7. The standard InChI is InChI=1S/C22H21N3O6/c1-30-22(23-17(26)12-15-8-4-2-5-9-15)20(29)25-18(19(27)28)16(14-31-21(22)25)13-24-10-6-3-7-11-24/h2-11,21H,12-14H2,1H3,(H-,23,26,27,28)/p+1/t21?,22-/m0/s1. The van der Waals surface area contributed by atoms with Crippen LogP contribution in [0.1, 0.15) is 5.56 Å². The molecule has 2 aromatic rings. The molecule has 0 aliphatic carbocycles. The molecule has 31 heavy (non-hydrogen) atoms. The minimum absolute atomic E-state index is 0.0162. The van der Waals surface area contributed by atoms with Crippen LogP contribution in [0.5, 0.6) is 0 Å². The van der Waals surface area contributed by atoms with Gasteiger partial charge in [0.05, 0.1) is 18.6 Å². The Kier molecular flexibility index (Phi) is 5.53. The van der Waals surface area contributed by atoms with Crippen LogP contribution >= 0.6 is 0 Å². The number of carbonyl (C=O) groups is 3. The smallest absolute Gasteiger partial charge is 0.352 e. The normalized spacial score (nSPS) is 22.5. The Morgan fingerprint density at radius 3 is 2.55 bits per heavy atom. The van der Waals surface area contributed by atoms with Crippen LogP contribution in [-0.2, 0) is 36.8 Å². The van der Waals surface area contributed by atoms with Crippen molar-refractivity contribution in [3.05, 3.63) is 77.8 Å². The number of methoxy groups -OCH3 is 1. The van der Waals surface area contributed by atoms with E-state index in [9.17, 15) is 19.5 Å². The number of carboxylic acid groups (broad SMARTS) is 1. The molecular weight excluding hydrogens is 402 g/mol. The summed E-state index contributed by atoms with van der Waals surface area (Å²) >= 11 is 0. The average Bonchev–Trinajstić information content (AvgIpc) is 2.78. The minimum Gasteiger partial charge on any atom is -0.477 e. The predicted molar refractivity (Wildman–Crippen MR) is 106 cm³/mol. The van der Waals surface area contributed by atoms with Crippen molar-refractivity contribution < 1.29 is 33.5 Å². The number of rotatable bonds is 7. The lowest BCUT2D eigenvalue weighted by Crippen LogP contribution is -2.82. The fourth-order valence-corrected chi connectivity index (χ4v) is 3.86. The van der Waals surface area contributed by atoms with Crippen LogP contribution in [0.2, 0.25) is 0 Å².